The largest absolute Gasteiger partial charge is 0.369 e. The Hall–Kier alpha value is -1.92. The first-order valence-electron chi connectivity index (χ1n) is 5.56. The molecule has 0 aliphatic rings. The van der Waals surface area contributed by atoms with E-state index in [1.807, 2.05) is 5.32 Å². The number of rotatable bonds is 5. The molecule has 2 radical (unpaired) electrons. The van der Waals surface area contributed by atoms with Crippen molar-refractivity contribution in [1.29, 1.82) is 0 Å². The summed E-state index contributed by atoms with van der Waals surface area (Å²) in [6.45, 7) is 1.55. The summed E-state index contributed by atoms with van der Waals surface area (Å²) in [7, 11) is 6.93. The molecule has 0 unspecified atom stereocenters. The molecule has 1 aromatic carbocycles. The minimum atomic E-state index is -0.851. The number of nitrogens with one attached hydrogen (secondary N) is 1. The molecule has 0 heterocycles. The lowest BCUT2D eigenvalue weighted by Gasteiger charge is -2.21. The van der Waals surface area contributed by atoms with Gasteiger partial charge in [0.1, 0.15) is 25.2 Å². The van der Waals surface area contributed by atoms with E-state index in [1.165, 1.54) is 18.9 Å². The molecular weight excluding hydrogens is 253 g/mol. The third kappa shape index (κ3) is 3.53. The van der Waals surface area contributed by atoms with Crippen molar-refractivity contribution in [2.45, 2.75) is 13.3 Å². The van der Waals surface area contributed by atoms with Crippen molar-refractivity contribution in [3.63, 3.8) is 0 Å². The Morgan fingerprint density at radius 3 is 2.74 bits per heavy atom. The van der Waals surface area contributed by atoms with E-state index in [2.05, 4.69) is 0 Å². The first-order valence-corrected chi connectivity index (χ1v) is 5.56. The van der Waals surface area contributed by atoms with Crippen LogP contribution in [0.3, 0.4) is 0 Å². The molecule has 1 rings (SSSR count). The molecule has 0 fully saturated rings. The lowest BCUT2D eigenvalue weighted by Crippen LogP contribution is -2.30. The number of hydrogen-bond donors (Lipinski definition) is 1. The molecule has 0 saturated carbocycles. The van der Waals surface area contributed by atoms with Gasteiger partial charge in [-0.25, -0.2) is 8.78 Å². The lowest BCUT2D eigenvalue weighted by atomic mass is 9.89. The predicted octanol–water partition coefficient (Wildman–Crippen LogP) is 0.166. The topological polar surface area (TPSA) is 49.4 Å². The van der Waals surface area contributed by atoms with Crippen LogP contribution in [0.4, 0.5) is 14.5 Å². The Morgan fingerprint density at radius 2 is 2.16 bits per heavy atom. The average Bonchev–Trinajstić information content (AvgIpc) is 2.34. The maximum absolute atomic E-state index is 13.9. The third-order valence-electron chi connectivity index (χ3n) is 2.71. The number of halogens is 2. The number of imide groups is 1. The van der Waals surface area contributed by atoms with Crippen molar-refractivity contribution < 1.29 is 18.4 Å². The molecule has 19 heavy (non-hydrogen) atoms. The fraction of sp³-hybridized carbons (Fsp3) is 0.333. The van der Waals surface area contributed by atoms with E-state index >= 15 is 0 Å². The highest BCUT2D eigenvalue weighted by molar-refractivity contribution is 6.33. The van der Waals surface area contributed by atoms with E-state index in [-0.39, 0.29) is 30.5 Å². The lowest BCUT2D eigenvalue weighted by molar-refractivity contribution is -0.125. The summed E-state index contributed by atoms with van der Waals surface area (Å²) in [6.07, 6.45) is 0.190. The summed E-state index contributed by atoms with van der Waals surface area (Å²) < 4.78 is 27.6. The highest BCUT2D eigenvalue weighted by Crippen LogP contribution is 2.22. The first kappa shape index (κ1) is 15.1. The standard InChI is InChI=1S/C12H13BF2N2O2/c1-7-5-8(14)12(11(15)10(7)13)17(2)4-3-9(19)16-6-18/h5-6H,3-4H2,1-2H3,(H,16,18,19). The van der Waals surface area contributed by atoms with Gasteiger partial charge in [-0.2, -0.15) is 0 Å². The molecule has 1 N–H and O–H groups in total. The monoisotopic (exact) mass is 266 g/mol. The second-order valence-corrected chi connectivity index (χ2v) is 4.11. The molecule has 4 nitrogen and oxygen atoms in total. The zero-order valence-electron chi connectivity index (χ0n) is 10.7. The maximum Gasteiger partial charge on any atom is 0.228 e. The van der Waals surface area contributed by atoms with Crippen molar-refractivity contribution in [2.24, 2.45) is 0 Å². The zero-order valence-corrected chi connectivity index (χ0v) is 10.7. The van der Waals surface area contributed by atoms with Crippen LogP contribution in [-0.2, 0) is 9.59 Å². The Kier molecular flexibility index (Phi) is 5.03. The van der Waals surface area contributed by atoms with Gasteiger partial charge in [-0.1, -0.05) is 11.0 Å². The third-order valence-corrected chi connectivity index (χ3v) is 2.71. The quantitative estimate of drug-likeness (QED) is 0.610. The number of carbonyl (C=O) groups is 2. The van der Waals surface area contributed by atoms with Crippen LogP contribution in [0.15, 0.2) is 6.07 Å². The van der Waals surface area contributed by atoms with E-state index in [9.17, 15) is 18.4 Å². The van der Waals surface area contributed by atoms with E-state index in [4.69, 9.17) is 7.85 Å². The van der Waals surface area contributed by atoms with Gasteiger partial charge in [-0.05, 0) is 13.0 Å². The van der Waals surface area contributed by atoms with Gasteiger partial charge in [0, 0.05) is 20.0 Å². The van der Waals surface area contributed by atoms with Crippen molar-refractivity contribution in [1.82, 2.24) is 5.32 Å². The molecule has 0 saturated heterocycles. The van der Waals surface area contributed by atoms with Crippen LogP contribution in [0.5, 0.6) is 0 Å². The Bertz CT molecular complexity index is 509. The van der Waals surface area contributed by atoms with Gasteiger partial charge < -0.3 is 4.90 Å². The van der Waals surface area contributed by atoms with Crippen molar-refractivity contribution >= 4 is 31.3 Å². The van der Waals surface area contributed by atoms with E-state index < -0.39 is 17.5 Å². The van der Waals surface area contributed by atoms with Crippen LogP contribution in [0.1, 0.15) is 12.0 Å². The minimum absolute atomic E-state index is 0.0516. The molecular formula is C12H13BF2N2O2. The van der Waals surface area contributed by atoms with Gasteiger partial charge in [0.25, 0.3) is 0 Å². The predicted molar refractivity (Wildman–Crippen MR) is 68.6 cm³/mol. The fourth-order valence-corrected chi connectivity index (χ4v) is 1.61. The van der Waals surface area contributed by atoms with Crippen LogP contribution in [-0.4, -0.2) is 33.8 Å². The van der Waals surface area contributed by atoms with E-state index in [1.54, 1.807) is 0 Å². The average molecular weight is 266 g/mol. The normalized spacial score (nSPS) is 10.1. The molecule has 100 valence electrons. The Morgan fingerprint density at radius 1 is 1.53 bits per heavy atom. The number of carbonyl (C=O) groups excluding carboxylic acids is 2. The van der Waals surface area contributed by atoms with Crippen molar-refractivity contribution in [2.75, 3.05) is 18.5 Å². The molecule has 0 aliphatic heterocycles. The van der Waals surface area contributed by atoms with Crippen molar-refractivity contribution in [3.05, 3.63) is 23.3 Å². The summed E-state index contributed by atoms with van der Waals surface area (Å²) in [6, 6.07) is 1.13. The molecule has 2 amide bonds. The summed E-state index contributed by atoms with van der Waals surface area (Å²) in [5.74, 6) is -2.12. The van der Waals surface area contributed by atoms with Gasteiger partial charge in [0.2, 0.25) is 12.3 Å². The van der Waals surface area contributed by atoms with Gasteiger partial charge in [-0.15, -0.1) is 0 Å². The van der Waals surface area contributed by atoms with Crippen LogP contribution in [0, 0.1) is 18.6 Å². The molecule has 0 atom stereocenters. The molecule has 0 spiro atoms. The van der Waals surface area contributed by atoms with Crippen molar-refractivity contribution in [3.8, 4) is 0 Å². The number of amides is 2. The molecule has 0 aliphatic carbocycles. The Labute approximate surface area is 111 Å². The summed E-state index contributed by atoms with van der Waals surface area (Å²) >= 11 is 0. The second-order valence-electron chi connectivity index (χ2n) is 4.11. The van der Waals surface area contributed by atoms with Gasteiger partial charge in [-0.3, -0.25) is 14.9 Å². The number of aryl methyl sites for hydroxylation is 1. The minimum Gasteiger partial charge on any atom is -0.369 e. The van der Waals surface area contributed by atoms with Gasteiger partial charge in [0.15, 0.2) is 0 Å². The summed E-state index contributed by atoms with van der Waals surface area (Å²) in [5.41, 5.74) is -0.103. The number of anilines is 1. The fourth-order valence-electron chi connectivity index (χ4n) is 1.61. The van der Waals surface area contributed by atoms with Crippen LogP contribution in [0.25, 0.3) is 0 Å². The van der Waals surface area contributed by atoms with E-state index in [0.717, 1.165) is 6.07 Å². The Balaban J connectivity index is 2.88. The van der Waals surface area contributed by atoms with Crippen LogP contribution < -0.4 is 15.7 Å². The van der Waals surface area contributed by atoms with Gasteiger partial charge >= 0.3 is 0 Å². The van der Waals surface area contributed by atoms with E-state index in [0.29, 0.717) is 5.56 Å². The SMILES string of the molecule is [B]c1c(C)cc(F)c(N(C)CCC(=O)NC=O)c1F. The van der Waals surface area contributed by atoms with Crippen LogP contribution >= 0.6 is 0 Å². The smallest absolute Gasteiger partial charge is 0.228 e. The molecule has 1 aromatic rings. The number of benzene rings is 1. The highest BCUT2D eigenvalue weighted by Gasteiger charge is 2.17. The zero-order chi connectivity index (χ0) is 14.6. The summed E-state index contributed by atoms with van der Waals surface area (Å²) in [5, 5.41) is 1.94. The second kappa shape index (κ2) is 6.31. The molecule has 7 heteroatoms. The van der Waals surface area contributed by atoms with Gasteiger partial charge in [0.05, 0.1) is 0 Å². The number of nitrogens with zero attached hydrogens (tertiary/aromatic N) is 1. The first-order chi connectivity index (χ1) is 8.88. The maximum atomic E-state index is 13.9. The number of hydrogen-bond acceptors (Lipinski definition) is 3. The highest BCUT2D eigenvalue weighted by atomic mass is 19.1. The van der Waals surface area contributed by atoms with Crippen LogP contribution in [0.2, 0.25) is 0 Å². The molecule has 0 bridgehead atoms. The molecule has 0 aromatic heterocycles. The summed E-state index contributed by atoms with van der Waals surface area (Å²) in [4.78, 5) is 22.4.